The first-order valence-electron chi connectivity index (χ1n) is 13.2. The van der Waals surface area contributed by atoms with E-state index in [1.807, 2.05) is 27.7 Å². The van der Waals surface area contributed by atoms with E-state index in [0.717, 1.165) is 19.5 Å². The smallest absolute Gasteiger partial charge is 0.245 e. The Morgan fingerprint density at radius 2 is 1.86 bits per heavy atom. The lowest BCUT2D eigenvalue weighted by molar-refractivity contribution is -0.151. The number of aliphatic hydroxyl groups excluding tert-OH is 1. The summed E-state index contributed by atoms with van der Waals surface area (Å²) in [5.74, 6) is -2.13. The van der Waals surface area contributed by atoms with Gasteiger partial charge in [-0.15, -0.1) is 0 Å². The summed E-state index contributed by atoms with van der Waals surface area (Å²) in [5.41, 5.74) is -1.90. The van der Waals surface area contributed by atoms with E-state index >= 15 is 0 Å². The summed E-state index contributed by atoms with van der Waals surface area (Å²) < 4.78 is 12.1. The van der Waals surface area contributed by atoms with Gasteiger partial charge in [-0.1, -0.05) is 20.8 Å². The molecular weight excluding hydrogens is 452 g/mol. The van der Waals surface area contributed by atoms with E-state index < -0.39 is 35.1 Å². The van der Waals surface area contributed by atoms with Crippen molar-refractivity contribution in [2.45, 2.75) is 70.2 Å². The highest BCUT2D eigenvalue weighted by atomic mass is 16.5. The third-order valence-corrected chi connectivity index (χ3v) is 8.74. The van der Waals surface area contributed by atoms with E-state index in [2.05, 4.69) is 15.5 Å². The van der Waals surface area contributed by atoms with Gasteiger partial charge in [0.2, 0.25) is 17.7 Å². The molecule has 35 heavy (non-hydrogen) atoms. The Morgan fingerprint density at radius 3 is 2.49 bits per heavy atom. The number of nitrogens with zero attached hydrogens (tertiary/aromatic N) is 2. The van der Waals surface area contributed by atoms with Crippen molar-refractivity contribution in [2.24, 2.45) is 17.8 Å². The van der Waals surface area contributed by atoms with Crippen LogP contribution in [0.4, 0.5) is 0 Å². The number of hydrogen-bond acceptors (Lipinski definition) is 7. The fraction of sp³-hybridized carbons (Fsp3) is 0.880. The van der Waals surface area contributed by atoms with E-state index in [4.69, 9.17) is 9.47 Å². The first-order valence-corrected chi connectivity index (χ1v) is 13.2. The highest BCUT2D eigenvalue weighted by Gasteiger charge is 2.80. The number of ether oxygens (including phenoxy) is 2. The van der Waals surface area contributed by atoms with Crippen molar-refractivity contribution >= 4 is 17.7 Å². The molecule has 3 amide bonds. The van der Waals surface area contributed by atoms with Crippen LogP contribution in [0.25, 0.3) is 0 Å². The van der Waals surface area contributed by atoms with Crippen LogP contribution in [0.2, 0.25) is 0 Å². The molecule has 3 unspecified atom stereocenters. The second-order valence-electron chi connectivity index (χ2n) is 10.7. The number of morpholine rings is 1. The van der Waals surface area contributed by atoms with Gasteiger partial charge in [0.15, 0.2) is 0 Å². The number of aliphatic hydroxyl groups is 1. The Balaban J connectivity index is 1.63. The molecule has 10 heteroatoms. The molecule has 4 aliphatic rings. The van der Waals surface area contributed by atoms with Crippen LogP contribution in [0.3, 0.4) is 0 Å². The minimum Gasteiger partial charge on any atom is -0.394 e. The summed E-state index contributed by atoms with van der Waals surface area (Å²) in [5, 5.41) is 16.1. The predicted molar refractivity (Wildman–Crippen MR) is 128 cm³/mol. The molecule has 4 fully saturated rings. The molecule has 0 saturated carbocycles. The number of nitrogens with one attached hydrogen (secondary N) is 2. The standard InChI is InChI=1S/C25H42N4O6/c1-5-7-26-21(31)18-19-23(33)29(17(6-2)15-30)20(25(19)14-16(3)24(18,4)35-25)22(32)27-8-9-28-10-12-34-13-11-28/h16-20,30H,5-15H2,1-4H3,(H,26,31)(H,27,32)/t16?,17-,18+,19-,20?,24-,25?/m0/s1. The number of fused-ring (bicyclic) bond motifs is 1. The number of hydrogen-bond donors (Lipinski definition) is 3. The van der Waals surface area contributed by atoms with E-state index in [1.54, 1.807) is 0 Å². The van der Waals surface area contributed by atoms with Gasteiger partial charge in [0.05, 0.1) is 43.3 Å². The van der Waals surface area contributed by atoms with E-state index in [0.29, 0.717) is 45.7 Å². The molecule has 0 aromatic rings. The molecule has 7 atom stereocenters. The topological polar surface area (TPSA) is 120 Å². The Bertz CT molecular complexity index is 816. The Kier molecular flexibility index (Phi) is 7.76. The van der Waals surface area contributed by atoms with E-state index in [-0.39, 0.29) is 30.2 Å². The third-order valence-electron chi connectivity index (χ3n) is 8.74. The minimum absolute atomic E-state index is 0.00160. The summed E-state index contributed by atoms with van der Waals surface area (Å²) in [6.07, 6.45) is 1.82. The third kappa shape index (κ3) is 4.26. The van der Waals surface area contributed by atoms with Gasteiger partial charge in [-0.2, -0.15) is 0 Å². The average molecular weight is 495 g/mol. The normalized spacial score (nSPS) is 37.4. The lowest BCUT2D eigenvalue weighted by Crippen LogP contribution is -2.58. The highest BCUT2D eigenvalue weighted by Crippen LogP contribution is 2.65. The van der Waals surface area contributed by atoms with Crippen molar-refractivity contribution in [3.63, 3.8) is 0 Å². The molecule has 3 N–H and O–H groups in total. The number of carbonyl (C=O) groups is 3. The zero-order valence-corrected chi connectivity index (χ0v) is 21.5. The summed E-state index contributed by atoms with van der Waals surface area (Å²) in [6, 6.07) is -1.39. The van der Waals surface area contributed by atoms with Gasteiger partial charge in [0.1, 0.15) is 11.6 Å². The Labute approximate surface area is 208 Å². The van der Waals surface area contributed by atoms with Crippen molar-refractivity contribution in [2.75, 3.05) is 52.5 Å². The summed E-state index contributed by atoms with van der Waals surface area (Å²) in [7, 11) is 0. The van der Waals surface area contributed by atoms with Crippen molar-refractivity contribution < 1.29 is 29.0 Å². The number of rotatable bonds is 10. The van der Waals surface area contributed by atoms with Crippen LogP contribution in [-0.2, 0) is 23.9 Å². The molecule has 4 saturated heterocycles. The Morgan fingerprint density at radius 1 is 1.17 bits per heavy atom. The van der Waals surface area contributed by atoms with Crippen LogP contribution in [0.15, 0.2) is 0 Å². The molecule has 4 heterocycles. The van der Waals surface area contributed by atoms with Gasteiger partial charge in [-0.05, 0) is 32.1 Å². The maximum absolute atomic E-state index is 14.0. The van der Waals surface area contributed by atoms with Crippen molar-refractivity contribution in [3.8, 4) is 0 Å². The molecular formula is C25H42N4O6. The number of likely N-dealkylation sites (tertiary alicyclic amines) is 1. The summed E-state index contributed by atoms with van der Waals surface area (Å²) in [4.78, 5) is 44.8. The van der Waals surface area contributed by atoms with Gasteiger partial charge in [-0.3, -0.25) is 19.3 Å². The zero-order chi connectivity index (χ0) is 25.4. The van der Waals surface area contributed by atoms with Crippen molar-refractivity contribution in [3.05, 3.63) is 0 Å². The van der Waals surface area contributed by atoms with Gasteiger partial charge in [0.25, 0.3) is 0 Å². The molecule has 4 rings (SSSR count). The molecule has 0 aromatic heterocycles. The highest BCUT2D eigenvalue weighted by molar-refractivity contribution is 5.99. The van der Waals surface area contributed by atoms with Crippen molar-refractivity contribution in [1.29, 1.82) is 0 Å². The fourth-order valence-corrected chi connectivity index (χ4v) is 6.80. The largest absolute Gasteiger partial charge is 0.394 e. The molecule has 0 aromatic carbocycles. The SMILES string of the molecule is CCCNC(=O)[C@H]1[C@H]2C(=O)N([C@@H](CC)CO)C(C(=O)NCCN3CCOCC3)C23CC(C)[C@]1(C)O3. The molecule has 0 radical (unpaired) electrons. The summed E-state index contributed by atoms with van der Waals surface area (Å²) >= 11 is 0. The van der Waals surface area contributed by atoms with Crippen LogP contribution in [0.5, 0.6) is 0 Å². The molecule has 198 valence electrons. The molecule has 4 aliphatic heterocycles. The second-order valence-corrected chi connectivity index (χ2v) is 10.7. The first-order chi connectivity index (χ1) is 16.7. The maximum atomic E-state index is 14.0. The van der Waals surface area contributed by atoms with E-state index in [1.165, 1.54) is 4.90 Å². The van der Waals surface area contributed by atoms with Crippen LogP contribution in [-0.4, -0.2) is 108 Å². The second kappa shape index (κ2) is 10.3. The van der Waals surface area contributed by atoms with Crippen LogP contribution < -0.4 is 10.6 Å². The quantitative estimate of drug-likeness (QED) is 0.383. The monoisotopic (exact) mass is 494 g/mol. The lowest BCUT2D eigenvalue weighted by Gasteiger charge is -2.37. The van der Waals surface area contributed by atoms with Crippen molar-refractivity contribution in [1.82, 2.24) is 20.4 Å². The molecule has 2 bridgehead atoms. The van der Waals surface area contributed by atoms with Gasteiger partial charge >= 0.3 is 0 Å². The molecule has 1 spiro atoms. The van der Waals surface area contributed by atoms with Crippen LogP contribution in [0, 0.1) is 17.8 Å². The average Bonchev–Trinajstić information content (AvgIpc) is 3.36. The fourth-order valence-electron chi connectivity index (χ4n) is 6.80. The predicted octanol–water partition coefficient (Wildman–Crippen LogP) is -0.257. The van der Waals surface area contributed by atoms with Gasteiger partial charge in [0, 0.05) is 32.7 Å². The maximum Gasteiger partial charge on any atom is 0.245 e. The molecule has 0 aliphatic carbocycles. The lowest BCUT2D eigenvalue weighted by atomic mass is 9.62. The zero-order valence-electron chi connectivity index (χ0n) is 21.5. The molecule has 10 nitrogen and oxygen atoms in total. The van der Waals surface area contributed by atoms with Gasteiger partial charge in [-0.25, -0.2) is 0 Å². The van der Waals surface area contributed by atoms with Gasteiger partial charge < -0.3 is 30.1 Å². The Hall–Kier alpha value is -1.75. The van der Waals surface area contributed by atoms with Crippen LogP contribution in [0.1, 0.15) is 47.0 Å². The minimum atomic E-state index is -1.08. The number of amides is 3. The van der Waals surface area contributed by atoms with E-state index in [9.17, 15) is 19.5 Å². The summed E-state index contributed by atoms with van der Waals surface area (Å²) in [6.45, 7) is 12.3. The number of carbonyl (C=O) groups excluding carboxylic acids is 3. The van der Waals surface area contributed by atoms with Crippen LogP contribution >= 0.6 is 0 Å². The first kappa shape index (κ1) is 26.3.